The number of benzene rings is 2. The van der Waals surface area contributed by atoms with Gasteiger partial charge in [-0.15, -0.1) is 0 Å². The summed E-state index contributed by atoms with van der Waals surface area (Å²) in [6.45, 7) is 3.07. The zero-order valence-corrected chi connectivity index (χ0v) is 22.9. The third kappa shape index (κ3) is 5.10. The number of carboxylic acid groups (broad SMARTS) is 1. The van der Waals surface area contributed by atoms with Gasteiger partial charge in [0.25, 0.3) is 0 Å². The molecule has 2 aromatic heterocycles. The van der Waals surface area contributed by atoms with E-state index < -0.39 is 11.8 Å². The molecule has 4 heterocycles. The van der Waals surface area contributed by atoms with Crippen LogP contribution in [-0.4, -0.2) is 55.8 Å². The van der Waals surface area contributed by atoms with Crippen LogP contribution in [0.15, 0.2) is 54.6 Å². The highest BCUT2D eigenvalue weighted by Crippen LogP contribution is 2.51. The third-order valence-corrected chi connectivity index (χ3v) is 8.80. The van der Waals surface area contributed by atoms with Gasteiger partial charge in [0.05, 0.1) is 47.4 Å². The third-order valence-electron chi connectivity index (χ3n) is 8.80. The van der Waals surface area contributed by atoms with E-state index in [1.165, 1.54) is 6.07 Å². The Bertz CT molecular complexity index is 1710. The molecule has 0 radical (unpaired) electrons. The molecule has 2 saturated heterocycles. The minimum Gasteiger partial charge on any atom is -0.478 e. The van der Waals surface area contributed by atoms with Crippen molar-refractivity contribution in [3.05, 3.63) is 88.6 Å². The SMILES string of the molecule is N#Cc1ccc(COc2cccc([C@@H]3CCN(Cc4nc5ccc(C(=O)O)cc5n4C[C@@H]4CCO4)[C@H]4C[C@@H]34)n2)c(F)c1. The molecule has 42 heavy (non-hydrogen) atoms. The number of aromatic nitrogens is 3. The quantitative estimate of drug-likeness (QED) is 0.304. The number of fused-ring (bicyclic) bond motifs is 2. The first-order valence-electron chi connectivity index (χ1n) is 14.3. The number of rotatable bonds is 9. The molecule has 2 aliphatic heterocycles. The van der Waals surface area contributed by atoms with Crippen molar-refractivity contribution in [1.29, 1.82) is 5.26 Å². The normalized spacial score (nSPS) is 23.1. The van der Waals surface area contributed by atoms with Crippen molar-refractivity contribution in [2.45, 2.75) is 57.0 Å². The minimum atomic E-state index is -0.946. The van der Waals surface area contributed by atoms with Crippen molar-refractivity contribution in [1.82, 2.24) is 19.4 Å². The van der Waals surface area contributed by atoms with Gasteiger partial charge >= 0.3 is 5.97 Å². The first-order valence-corrected chi connectivity index (χ1v) is 14.3. The van der Waals surface area contributed by atoms with Gasteiger partial charge in [0.15, 0.2) is 0 Å². The molecule has 1 saturated carbocycles. The summed E-state index contributed by atoms with van der Waals surface area (Å²) in [5.41, 5.74) is 3.55. The Hall–Kier alpha value is -4.33. The fourth-order valence-corrected chi connectivity index (χ4v) is 6.35. The van der Waals surface area contributed by atoms with E-state index >= 15 is 0 Å². The number of carboxylic acids is 1. The van der Waals surface area contributed by atoms with Crippen LogP contribution < -0.4 is 4.74 Å². The Balaban J connectivity index is 1.04. The number of imidazole rings is 1. The van der Waals surface area contributed by atoms with Crippen LogP contribution in [0, 0.1) is 23.1 Å². The average Bonchev–Trinajstić information content (AvgIpc) is 3.71. The molecule has 214 valence electrons. The van der Waals surface area contributed by atoms with Crippen molar-refractivity contribution in [2.75, 3.05) is 13.2 Å². The van der Waals surface area contributed by atoms with Gasteiger partial charge in [-0.05, 0) is 68.1 Å². The van der Waals surface area contributed by atoms with Crippen molar-refractivity contribution >= 4 is 17.0 Å². The first kappa shape index (κ1) is 26.6. The van der Waals surface area contributed by atoms with Gasteiger partial charge in [-0.1, -0.05) is 12.1 Å². The maximum atomic E-state index is 14.3. The number of nitrogens with zero attached hydrogens (tertiary/aromatic N) is 5. The molecule has 4 aromatic rings. The summed E-state index contributed by atoms with van der Waals surface area (Å²) >= 11 is 0. The molecule has 10 heteroatoms. The number of nitriles is 1. The number of likely N-dealkylation sites (tertiary alicyclic amines) is 1. The highest BCUT2D eigenvalue weighted by Gasteiger charge is 2.50. The van der Waals surface area contributed by atoms with E-state index in [1.54, 1.807) is 36.4 Å². The standard InChI is InChI=1S/C32H30FN5O4/c33-25-12-19(15-34)4-5-21(25)18-42-31-3-1-2-26(36-31)23-8-10-37(28-14-24(23)28)17-30-35-27-7-6-20(32(39)40)13-29(27)38(30)16-22-9-11-41-22/h1-7,12-13,22-24,28H,8-11,14,16-18H2,(H,39,40)/t22-,23+,24-,28-/m0/s1. The number of halogens is 1. The molecule has 0 amide bonds. The largest absolute Gasteiger partial charge is 0.478 e. The topological polar surface area (TPSA) is 114 Å². The molecule has 0 unspecified atom stereocenters. The van der Waals surface area contributed by atoms with Crippen LogP contribution in [0.1, 0.15) is 58.2 Å². The molecule has 1 aliphatic carbocycles. The molecule has 2 aromatic carbocycles. The monoisotopic (exact) mass is 567 g/mol. The number of hydrogen-bond donors (Lipinski definition) is 1. The van der Waals surface area contributed by atoms with Gasteiger partial charge in [0.1, 0.15) is 18.2 Å². The summed E-state index contributed by atoms with van der Waals surface area (Å²) < 4.78 is 28.0. The van der Waals surface area contributed by atoms with Gasteiger partial charge in [0.2, 0.25) is 5.88 Å². The predicted octanol–water partition coefficient (Wildman–Crippen LogP) is 4.89. The smallest absolute Gasteiger partial charge is 0.335 e. The Kier molecular flexibility index (Phi) is 6.84. The molecule has 0 bridgehead atoms. The van der Waals surface area contributed by atoms with Crippen LogP contribution in [0.5, 0.6) is 5.88 Å². The molecule has 9 nitrogen and oxygen atoms in total. The molecule has 3 fully saturated rings. The number of carbonyl (C=O) groups is 1. The summed E-state index contributed by atoms with van der Waals surface area (Å²) in [6, 6.07) is 17.6. The Morgan fingerprint density at radius 1 is 1.17 bits per heavy atom. The molecule has 0 spiro atoms. The van der Waals surface area contributed by atoms with Gasteiger partial charge in [-0.2, -0.15) is 5.26 Å². The van der Waals surface area contributed by atoms with Gasteiger partial charge in [-0.3, -0.25) is 4.90 Å². The van der Waals surface area contributed by atoms with Crippen LogP contribution in [-0.2, 0) is 24.4 Å². The number of pyridine rings is 1. The van der Waals surface area contributed by atoms with E-state index in [0.717, 1.165) is 55.0 Å². The van der Waals surface area contributed by atoms with Crippen LogP contribution >= 0.6 is 0 Å². The predicted molar refractivity (Wildman–Crippen MR) is 150 cm³/mol. The second-order valence-electron chi connectivity index (χ2n) is 11.4. The second-order valence-corrected chi connectivity index (χ2v) is 11.4. The zero-order chi connectivity index (χ0) is 28.8. The highest BCUT2D eigenvalue weighted by atomic mass is 19.1. The number of aromatic carboxylic acids is 1. The Labute approximate surface area is 242 Å². The Morgan fingerprint density at radius 3 is 2.81 bits per heavy atom. The molecular formula is C32H30FN5O4. The van der Waals surface area contributed by atoms with Crippen LogP contribution in [0.3, 0.4) is 0 Å². The molecule has 7 rings (SSSR count). The lowest BCUT2D eigenvalue weighted by Gasteiger charge is -2.32. The Morgan fingerprint density at radius 2 is 2.05 bits per heavy atom. The van der Waals surface area contributed by atoms with Gasteiger partial charge < -0.3 is 19.1 Å². The summed E-state index contributed by atoms with van der Waals surface area (Å²) in [4.78, 5) is 23.8. The zero-order valence-electron chi connectivity index (χ0n) is 22.9. The van der Waals surface area contributed by atoms with Crippen LogP contribution in [0.25, 0.3) is 11.0 Å². The van der Waals surface area contributed by atoms with Gasteiger partial charge in [0, 0.05) is 35.9 Å². The van der Waals surface area contributed by atoms with E-state index in [2.05, 4.69) is 9.47 Å². The lowest BCUT2D eigenvalue weighted by Crippen LogP contribution is -2.36. The maximum Gasteiger partial charge on any atom is 0.335 e. The summed E-state index contributed by atoms with van der Waals surface area (Å²) in [5.74, 6) is 0.804. The van der Waals surface area contributed by atoms with E-state index in [0.29, 0.717) is 42.4 Å². The van der Waals surface area contributed by atoms with Crippen LogP contribution in [0.2, 0.25) is 0 Å². The number of hydrogen-bond acceptors (Lipinski definition) is 7. The molecule has 1 N–H and O–H groups in total. The van der Waals surface area contributed by atoms with Crippen molar-refractivity contribution in [2.24, 2.45) is 5.92 Å². The lowest BCUT2D eigenvalue weighted by molar-refractivity contribution is -0.0592. The van der Waals surface area contributed by atoms with Crippen molar-refractivity contribution in [3.63, 3.8) is 0 Å². The summed E-state index contributed by atoms with van der Waals surface area (Å²) in [7, 11) is 0. The van der Waals surface area contributed by atoms with E-state index in [4.69, 9.17) is 24.7 Å². The van der Waals surface area contributed by atoms with Crippen LogP contribution in [0.4, 0.5) is 4.39 Å². The maximum absolute atomic E-state index is 14.3. The first-order chi connectivity index (χ1) is 20.5. The van der Waals surface area contributed by atoms with E-state index in [9.17, 15) is 14.3 Å². The minimum absolute atomic E-state index is 0.0410. The summed E-state index contributed by atoms with van der Waals surface area (Å²) in [6.07, 6.45) is 3.16. The van der Waals surface area contributed by atoms with Crippen molar-refractivity contribution in [3.8, 4) is 11.9 Å². The fourth-order valence-electron chi connectivity index (χ4n) is 6.35. The molecule has 4 atom stereocenters. The highest BCUT2D eigenvalue weighted by molar-refractivity contribution is 5.92. The summed E-state index contributed by atoms with van der Waals surface area (Å²) in [5, 5.41) is 18.5. The van der Waals surface area contributed by atoms with Gasteiger partial charge in [-0.25, -0.2) is 19.2 Å². The fraction of sp³-hybridized carbons (Fsp3) is 0.375. The number of ether oxygens (including phenoxy) is 2. The molecular weight excluding hydrogens is 537 g/mol. The average molecular weight is 568 g/mol. The number of piperidine rings is 1. The van der Waals surface area contributed by atoms with E-state index in [-0.39, 0.29) is 23.8 Å². The molecule has 3 aliphatic rings. The van der Waals surface area contributed by atoms with E-state index in [1.807, 2.05) is 18.2 Å². The second kappa shape index (κ2) is 10.8. The lowest BCUT2D eigenvalue weighted by atomic mass is 9.92. The van der Waals surface area contributed by atoms with Crippen molar-refractivity contribution < 1.29 is 23.8 Å².